The van der Waals surface area contributed by atoms with Crippen molar-refractivity contribution in [1.82, 2.24) is 15.6 Å². The van der Waals surface area contributed by atoms with E-state index in [1.54, 1.807) is 0 Å². The summed E-state index contributed by atoms with van der Waals surface area (Å²) in [6, 6.07) is 4.49. The summed E-state index contributed by atoms with van der Waals surface area (Å²) in [7, 11) is 0. The summed E-state index contributed by atoms with van der Waals surface area (Å²) >= 11 is 0. The minimum Gasteiger partial charge on any atom is -0.444 e. The largest absolute Gasteiger partial charge is 0.444 e. The number of hydrogen-bond acceptors (Lipinski definition) is 3. The predicted octanol–water partition coefficient (Wildman–Crippen LogP) is 3.33. The number of carbonyl (C=O) groups is 1. The number of aromatic amines is 1. The van der Waals surface area contributed by atoms with Gasteiger partial charge in [-0.25, -0.2) is 4.79 Å². The third-order valence-electron chi connectivity index (χ3n) is 3.94. The van der Waals surface area contributed by atoms with Crippen molar-refractivity contribution < 1.29 is 9.53 Å². The Morgan fingerprint density at radius 3 is 2.64 bits per heavy atom. The van der Waals surface area contributed by atoms with Gasteiger partial charge in [-0.15, -0.1) is 0 Å². The van der Waals surface area contributed by atoms with E-state index in [0.29, 0.717) is 6.04 Å². The molecular formula is C17H29N3O2. The third-order valence-corrected chi connectivity index (χ3v) is 3.94. The highest BCUT2D eigenvalue weighted by molar-refractivity contribution is 5.68. The number of amides is 1. The number of aromatic nitrogens is 1. The molecule has 0 aromatic carbocycles. The molecule has 5 heteroatoms. The van der Waals surface area contributed by atoms with E-state index in [9.17, 15) is 4.79 Å². The van der Waals surface area contributed by atoms with E-state index in [2.05, 4.69) is 21.7 Å². The second-order valence-electron chi connectivity index (χ2n) is 7.07. The van der Waals surface area contributed by atoms with Crippen LogP contribution in [0.3, 0.4) is 0 Å². The fourth-order valence-electron chi connectivity index (χ4n) is 2.90. The predicted molar refractivity (Wildman–Crippen MR) is 87.7 cm³/mol. The first-order chi connectivity index (χ1) is 10.4. The first kappa shape index (κ1) is 16.9. The van der Waals surface area contributed by atoms with Crippen LogP contribution in [0.2, 0.25) is 0 Å². The summed E-state index contributed by atoms with van der Waals surface area (Å²) in [5, 5.41) is 6.64. The van der Waals surface area contributed by atoms with Gasteiger partial charge in [0.25, 0.3) is 0 Å². The van der Waals surface area contributed by atoms with Gasteiger partial charge in [-0.2, -0.15) is 0 Å². The van der Waals surface area contributed by atoms with Gasteiger partial charge in [-0.3, -0.25) is 0 Å². The van der Waals surface area contributed by atoms with Gasteiger partial charge in [-0.05, 0) is 45.7 Å². The minimum atomic E-state index is -0.456. The van der Waals surface area contributed by atoms with Gasteiger partial charge in [0.15, 0.2) is 0 Å². The second-order valence-corrected chi connectivity index (χ2v) is 7.07. The molecular weight excluding hydrogens is 278 g/mol. The molecule has 124 valence electrons. The molecule has 1 heterocycles. The van der Waals surface area contributed by atoms with Gasteiger partial charge in [-0.1, -0.05) is 19.3 Å². The highest BCUT2D eigenvalue weighted by Crippen LogP contribution is 2.19. The zero-order chi connectivity index (χ0) is 16.0. The monoisotopic (exact) mass is 307 g/mol. The maximum Gasteiger partial charge on any atom is 0.407 e. The molecule has 0 radical (unpaired) electrons. The van der Waals surface area contributed by atoms with Crippen LogP contribution in [-0.2, 0) is 11.3 Å². The first-order valence-corrected chi connectivity index (χ1v) is 8.29. The molecule has 0 spiro atoms. The van der Waals surface area contributed by atoms with Crippen molar-refractivity contribution >= 4 is 6.09 Å². The minimum absolute atomic E-state index is 0.132. The van der Waals surface area contributed by atoms with E-state index in [4.69, 9.17) is 4.74 Å². The molecule has 1 saturated carbocycles. The van der Waals surface area contributed by atoms with E-state index >= 15 is 0 Å². The van der Waals surface area contributed by atoms with Crippen LogP contribution in [0.4, 0.5) is 4.79 Å². The Kier molecular flexibility index (Phi) is 5.89. The average Bonchev–Trinajstić information content (AvgIpc) is 2.83. The van der Waals surface area contributed by atoms with Crippen LogP contribution >= 0.6 is 0 Å². The van der Waals surface area contributed by atoms with Gasteiger partial charge in [0.2, 0.25) is 0 Å². The lowest BCUT2D eigenvalue weighted by Gasteiger charge is -2.28. The van der Waals surface area contributed by atoms with Crippen LogP contribution in [0, 0.1) is 0 Å². The van der Waals surface area contributed by atoms with Crippen molar-refractivity contribution in [3.05, 3.63) is 24.0 Å². The summed E-state index contributed by atoms with van der Waals surface area (Å²) < 4.78 is 5.40. The summed E-state index contributed by atoms with van der Waals surface area (Å²) in [6.07, 6.45) is 7.29. The van der Waals surface area contributed by atoms with Crippen LogP contribution < -0.4 is 10.6 Å². The van der Waals surface area contributed by atoms with Crippen LogP contribution in [-0.4, -0.2) is 28.8 Å². The molecule has 1 aromatic heterocycles. The smallest absolute Gasteiger partial charge is 0.407 e. The van der Waals surface area contributed by atoms with Crippen LogP contribution in [0.25, 0.3) is 0 Å². The fourth-order valence-corrected chi connectivity index (χ4v) is 2.90. The van der Waals surface area contributed by atoms with Gasteiger partial charge in [0.1, 0.15) is 5.60 Å². The molecule has 3 N–H and O–H groups in total. The van der Waals surface area contributed by atoms with Crippen molar-refractivity contribution in [1.29, 1.82) is 0 Å². The number of carbonyl (C=O) groups excluding carboxylic acids is 1. The molecule has 1 aliphatic rings. The van der Waals surface area contributed by atoms with Gasteiger partial charge in [0.05, 0.1) is 0 Å². The summed E-state index contributed by atoms with van der Waals surface area (Å²) in [5.74, 6) is 0. The Morgan fingerprint density at radius 1 is 1.27 bits per heavy atom. The average molecular weight is 307 g/mol. The van der Waals surface area contributed by atoms with Crippen LogP contribution in [0.1, 0.15) is 58.6 Å². The number of rotatable bonds is 4. The van der Waals surface area contributed by atoms with Crippen LogP contribution in [0.15, 0.2) is 18.3 Å². The van der Waals surface area contributed by atoms with Crippen molar-refractivity contribution in [2.24, 2.45) is 0 Å². The molecule has 1 aromatic rings. The molecule has 2 unspecified atom stereocenters. The molecule has 0 saturated heterocycles. The lowest BCUT2D eigenvalue weighted by Crippen LogP contribution is -2.50. The van der Waals surface area contributed by atoms with Crippen molar-refractivity contribution in [3.8, 4) is 0 Å². The molecule has 2 rings (SSSR count). The van der Waals surface area contributed by atoms with Crippen molar-refractivity contribution in [2.45, 2.75) is 77.1 Å². The number of nitrogens with one attached hydrogen (secondary N) is 3. The molecule has 2 atom stereocenters. The summed E-state index contributed by atoms with van der Waals surface area (Å²) in [6.45, 7) is 6.46. The molecule has 5 nitrogen and oxygen atoms in total. The van der Waals surface area contributed by atoms with Gasteiger partial charge in [0, 0.05) is 30.5 Å². The van der Waals surface area contributed by atoms with Gasteiger partial charge < -0.3 is 20.4 Å². The number of alkyl carbamates (subject to hydrolysis) is 1. The Labute approximate surface area is 133 Å². The highest BCUT2D eigenvalue weighted by atomic mass is 16.6. The Balaban J connectivity index is 1.90. The summed E-state index contributed by atoms with van der Waals surface area (Å²) in [5.41, 5.74) is 0.711. The number of ether oxygens (including phenoxy) is 1. The van der Waals surface area contributed by atoms with E-state index in [1.165, 1.54) is 18.5 Å². The Bertz CT molecular complexity index is 451. The zero-order valence-corrected chi connectivity index (χ0v) is 13.9. The van der Waals surface area contributed by atoms with E-state index in [0.717, 1.165) is 25.8 Å². The maximum atomic E-state index is 12.1. The van der Waals surface area contributed by atoms with E-state index in [-0.39, 0.29) is 12.1 Å². The Morgan fingerprint density at radius 2 is 2.00 bits per heavy atom. The molecule has 0 bridgehead atoms. The lowest BCUT2D eigenvalue weighted by molar-refractivity contribution is 0.0489. The first-order valence-electron chi connectivity index (χ1n) is 8.29. The quantitative estimate of drug-likeness (QED) is 0.748. The highest BCUT2D eigenvalue weighted by Gasteiger charge is 2.27. The Hall–Kier alpha value is -1.49. The van der Waals surface area contributed by atoms with E-state index in [1.807, 2.05) is 33.0 Å². The fraction of sp³-hybridized carbons (Fsp3) is 0.706. The molecule has 1 amide bonds. The third kappa shape index (κ3) is 5.72. The molecule has 22 heavy (non-hydrogen) atoms. The van der Waals surface area contributed by atoms with Crippen molar-refractivity contribution in [2.75, 3.05) is 0 Å². The zero-order valence-electron chi connectivity index (χ0n) is 13.9. The molecule has 1 fully saturated rings. The topological polar surface area (TPSA) is 66.2 Å². The van der Waals surface area contributed by atoms with E-state index < -0.39 is 5.60 Å². The number of hydrogen-bond donors (Lipinski definition) is 3. The molecule has 1 aliphatic carbocycles. The second kappa shape index (κ2) is 7.68. The number of H-pyrrole nitrogens is 1. The SMILES string of the molecule is CC(C)(C)OC(=O)NC1CCCCCC1NCc1ccc[nH]1. The molecule has 0 aliphatic heterocycles. The van der Waals surface area contributed by atoms with Crippen LogP contribution in [0.5, 0.6) is 0 Å². The van der Waals surface area contributed by atoms with Crippen molar-refractivity contribution in [3.63, 3.8) is 0 Å². The lowest BCUT2D eigenvalue weighted by atomic mass is 10.0. The summed E-state index contributed by atoms with van der Waals surface area (Å²) in [4.78, 5) is 15.3. The van der Waals surface area contributed by atoms with Gasteiger partial charge >= 0.3 is 6.09 Å². The normalized spacial score (nSPS) is 22.9. The standard InChI is InChI=1S/C17H29N3O2/c1-17(2,3)22-16(21)20-15-10-6-4-5-9-14(15)19-12-13-8-7-11-18-13/h7-8,11,14-15,18-19H,4-6,9-10,12H2,1-3H3,(H,20,21). The maximum absolute atomic E-state index is 12.1.